The van der Waals surface area contributed by atoms with Crippen molar-refractivity contribution < 1.29 is 14.1 Å². The molecule has 2 aromatic rings. The van der Waals surface area contributed by atoms with Gasteiger partial charge in [0.05, 0.1) is 6.61 Å². The Morgan fingerprint density at radius 2 is 2.10 bits per heavy atom. The zero-order valence-corrected chi connectivity index (χ0v) is 13.8. The second-order valence-corrected chi connectivity index (χ2v) is 5.98. The van der Waals surface area contributed by atoms with Gasteiger partial charge >= 0.3 is 5.97 Å². The first kappa shape index (κ1) is 15.7. The van der Waals surface area contributed by atoms with Crippen LogP contribution in [0.4, 0.5) is 0 Å². The molecule has 1 heterocycles. The molecule has 0 spiro atoms. The van der Waals surface area contributed by atoms with Crippen molar-refractivity contribution in [2.75, 3.05) is 6.61 Å². The summed E-state index contributed by atoms with van der Waals surface area (Å²) in [6, 6.07) is 7.83. The summed E-state index contributed by atoms with van der Waals surface area (Å²) in [6.45, 7) is 5.50. The van der Waals surface area contributed by atoms with Crippen molar-refractivity contribution in [1.29, 1.82) is 0 Å². The quantitative estimate of drug-likeness (QED) is 0.772. The van der Waals surface area contributed by atoms with Crippen LogP contribution in [0.1, 0.15) is 38.0 Å². The van der Waals surface area contributed by atoms with E-state index in [1.807, 2.05) is 24.3 Å². The Labute approximate surface area is 131 Å². The number of halogens is 1. The van der Waals surface area contributed by atoms with E-state index < -0.39 is 5.41 Å². The number of aromatic nitrogens is 2. The van der Waals surface area contributed by atoms with Gasteiger partial charge in [-0.3, -0.25) is 4.79 Å². The van der Waals surface area contributed by atoms with Gasteiger partial charge in [0.25, 0.3) is 0 Å². The van der Waals surface area contributed by atoms with Crippen LogP contribution in [0.25, 0.3) is 0 Å². The van der Waals surface area contributed by atoms with Crippen LogP contribution in [0.15, 0.2) is 33.3 Å². The van der Waals surface area contributed by atoms with E-state index >= 15 is 0 Å². The minimum absolute atomic E-state index is 0.267. The van der Waals surface area contributed by atoms with Crippen LogP contribution in [-0.2, 0) is 21.4 Å². The maximum atomic E-state index is 11.9. The van der Waals surface area contributed by atoms with Crippen LogP contribution < -0.4 is 0 Å². The molecule has 0 aliphatic rings. The monoisotopic (exact) mass is 352 g/mol. The van der Waals surface area contributed by atoms with Crippen LogP contribution in [0.3, 0.4) is 0 Å². The fourth-order valence-electron chi connectivity index (χ4n) is 1.79. The molecule has 0 bridgehead atoms. The molecule has 0 unspecified atom stereocenters. The number of ether oxygens (including phenoxy) is 1. The van der Waals surface area contributed by atoms with Crippen molar-refractivity contribution >= 4 is 21.9 Å². The van der Waals surface area contributed by atoms with Gasteiger partial charge in [0.2, 0.25) is 5.89 Å². The number of carbonyl (C=O) groups is 1. The summed E-state index contributed by atoms with van der Waals surface area (Å²) in [4.78, 5) is 16.3. The van der Waals surface area contributed by atoms with Crippen LogP contribution in [0.2, 0.25) is 0 Å². The molecule has 0 amide bonds. The van der Waals surface area contributed by atoms with Gasteiger partial charge in [0.1, 0.15) is 5.41 Å². The Morgan fingerprint density at radius 1 is 1.38 bits per heavy atom. The summed E-state index contributed by atoms with van der Waals surface area (Å²) < 4.78 is 11.3. The van der Waals surface area contributed by atoms with E-state index in [2.05, 4.69) is 26.1 Å². The molecule has 1 aromatic carbocycles. The number of rotatable bonds is 5. The molecule has 6 heteroatoms. The normalized spacial score (nSPS) is 11.4. The van der Waals surface area contributed by atoms with E-state index in [1.54, 1.807) is 20.8 Å². The second kappa shape index (κ2) is 6.39. The summed E-state index contributed by atoms with van der Waals surface area (Å²) in [5, 5.41) is 3.95. The Kier molecular flexibility index (Phi) is 4.77. The lowest BCUT2D eigenvalue weighted by Gasteiger charge is -2.16. The first-order chi connectivity index (χ1) is 9.95. The van der Waals surface area contributed by atoms with Crippen LogP contribution in [0, 0.1) is 0 Å². The predicted molar refractivity (Wildman–Crippen MR) is 80.9 cm³/mol. The number of benzene rings is 1. The van der Waals surface area contributed by atoms with E-state index in [1.165, 1.54) is 0 Å². The van der Waals surface area contributed by atoms with Crippen molar-refractivity contribution in [1.82, 2.24) is 10.1 Å². The van der Waals surface area contributed by atoms with Crippen molar-refractivity contribution in [3.05, 3.63) is 46.0 Å². The largest absolute Gasteiger partial charge is 0.465 e. The molecule has 112 valence electrons. The molecular weight excluding hydrogens is 336 g/mol. The fourth-order valence-corrected chi connectivity index (χ4v) is 2.22. The zero-order chi connectivity index (χ0) is 15.5. The third-order valence-corrected chi connectivity index (χ3v) is 3.87. The summed E-state index contributed by atoms with van der Waals surface area (Å²) >= 11 is 3.48. The van der Waals surface area contributed by atoms with E-state index in [4.69, 9.17) is 9.26 Å². The summed E-state index contributed by atoms with van der Waals surface area (Å²) in [7, 11) is 0. The Morgan fingerprint density at radius 3 is 2.76 bits per heavy atom. The lowest BCUT2D eigenvalue weighted by Crippen LogP contribution is -2.31. The van der Waals surface area contributed by atoms with Gasteiger partial charge in [-0.2, -0.15) is 4.98 Å². The molecule has 0 saturated carbocycles. The molecule has 2 rings (SSSR count). The zero-order valence-electron chi connectivity index (χ0n) is 12.2. The standard InChI is InChI=1S/C15H17BrN2O3/c1-4-20-14(19)15(2,3)13-17-12(18-21-13)9-10-7-5-6-8-11(10)16/h5-8H,4,9H2,1-3H3. The second-order valence-electron chi connectivity index (χ2n) is 5.13. The molecular formula is C15H17BrN2O3. The Hall–Kier alpha value is -1.69. The third-order valence-electron chi connectivity index (χ3n) is 3.09. The van der Waals surface area contributed by atoms with E-state index in [0.717, 1.165) is 10.0 Å². The summed E-state index contributed by atoms with van der Waals surface area (Å²) in [5.41, 5.74) is 0.105. The molecule has 21 heavy (non-hydrogen) atoms. The van der Waals surface area contributed by atoms with Gasteiger partial charge < -0.3 is 9.26 Å². The summed E-state index contributed by atoms with van der Waals surface area (Å²) in [5.74, 6) is 0.429. The van der Waals surface area contributed by atoms with Gasteiger partial charge in [0, 0.05) is 10.9 Å². The molecule has 0 saturated heterocycles. The molecule has 1 aromatic heterocycles. The van der Waals surface area contributed by atoms with Gasteiger partial charge in [0.15, 0.2) is 5.82 Å². The minimum atomic E-state index is -0.949. The molecule has 0 N–H and O–H groups in total. The molecule has 5 nitrogen and oxygen atoms in total. The van der Waals surface area contributed by atoms with Crippen LogP contribution in [0.5, 0.6) is 0 Å². The van der Waals surface area contributed by atoms with Crippen LogP contribution >= 0.6 is 15.9 Å². The van der Waals surface area contributed by atoms with Gasteiger partial charge in [-0.15, -0.1) is 0 Å². The van der Waals surface area contributed by atoms with Crippen molar-refractivity contribution in [3.8, 4) is 0 Å². The summed E-state index contributed by atoms with van der Waals surface area (Å²) in [6.07, 6.45) is 0.532. The highest BCUT2D eigenvalue weighted by molar-refractivity contribution is 9.10. The third kappa shape index (κ3) is 3.50. The molecule has 0 aliphatic carbocycles. The minimum Gasteiger partial charge on any atom is -0.465 e. The first-order valence-corrected chi connectivity index (χ1v) is 7.48. The maximum absolute atomic E-state index is 11.9. The Balaban J connectivity index is 2.18. The SMILES string of the molecule is CCOC(=O)C(C)(C)c1nc(Cc2ccccc2Br)no1. The molecule has 0 atom stereocenters. The van der Waals surface area contributed by atoms with E-state index in [0.29, 0.717) is 18.9 Å². The fraction of sp³-hybridized carbons (Fsp3) is 0.400. The van der Waals surface area contributed by atoms with Crippen molar-refractivity contribution in [3.63, 3.8) is 0 Å². The topological polar surface area (TPSA) is 65.2 Å². The number of nitrogens with zero attached hydrogens (tertiary/aromatic N) is 2. The average molecular weight is 353 g/mol. The van der Waals surface area contributed by atoms with E-state index in [9.17, 15) is 4.79 Å². The molecule has 0 radical (unpaired) electrons. The van der Waals surface area contributed by atoms with Gasteiger partial charge in [-0.05, 0) is 32.4 Å². The highest BCUT2D eigenvalue weighted by Crippen LogP contribution is 2.24. The molecule has 0 aliphatic heterocycles. The average Bonchev–Trinajstić information content (AvgIpc) is 2.91. The maximum Gasteiger partial charge on any atom is 0.321 e. The Bertz CT molecular complexity index is 637. The van der Waals surface area contributed by atoms with Crippen molar-refractivity contribution in [2.24, 2.45) is 0 Å². The lowest BCUT2D eigenvalue weighted by molar-refractivity contribution is -0.149. The highest BCUT2D eigenvalue weighted by Gasteiger charge is 2.37. The van der Waals surface area contributed by atoms with E-state index in [-0.39, 0.29) is 11.9 Å². The molecule has 0 fully saturated rings. The lowest BCUT2D eigenvalue weighted by atomic mass is 9.94. The highest BCUT2D eigenvalue weighted by atomic mass is 79.9. The number of carbonyl (C=O) groups excluding carboxylic acids is 1. The smallest absolute Gasteiger partial charge is 0.321 e. The predicted octanol–water partition coefficient (Wildman–Crippen LogP) is 3.26. The first-order valence-electron chi connectivity index (χ1n) is 6.68. The number of esters is 1. The number of hydrogen-bond donors (Lipinski definition) is 0. The van der Waals surface area contributed by atoms with Crippen molar-refractivity contribution in [2.45, 2.75) is 32.6 Å². The van der Waals surface area contributed by atoms with Gasteiger partial charge in [-0.25, -0.2) is 0 Å². The number of hydrogen-bond acceptors (Lipinski definition) is 5. The van der Waals surface area contributed by atoms with Gasteiger partial charge in [-0.1, -0.05) is 39.3 Å². The van der Waals surface area contributed by atoms with Crippen LogP contribution in [-0.4, -0.2) is 22.7 Å².